The van der Waals surface area contributed by atoms with Crippen molar-refractivity contribution < 1.29 is 24.6 Å². The van der Waals surface area contributed by atoms with E-state index in [0.717, 1.165) is 44.7 Å². The van der Waals surface area contributed by atoms with Crippen LogP contribution in [0.3, 0.4) is 0 Å². The van der Waals surface area contributed by atoms with Gasteiger partial charge in [-0.3, -0.25) is 14.4 Å². The largest absolute Gasteiger partial charge is 0.481 e. The Morgan fingerprint density at radius 3 is 2.28 bits per heavy atom. The van der Waals surface area contributed by atoms with Crippen molar-refractivity contribution in [1.29, 1.82) is 0 Å². The predicted molar refractivity (Wildman–Crippen MR) is 200 cm³/mol. The highest BCUT2D eigenvalue weighted by molar-refractivity contribution is 6.31. The number of carboxylic acids is 2. The van der Waals surface area contributed by atoms with E-state index < -0.39 is 22.8 Å². The molecule has 50 heavy (non-hydrogen) atoms. The lowest BCUT2D eigenvalue weighted by atomic mass is 9.72. The van der Waals surface area contributed by atoms with Gasteiger partial charge in [-0.05, 0) is 70.3 Å². The maximum Gasteiger partial charge on any atom is 0.305 e. The van der Waals surface area contributed by atoms with Crippen LogP contribution >= 0.6 is 11.6 Å². The zero-order chi connectivity index (χ0) is 35.8. The fourth-order valence-electron chi connectivity index (χ4n) is 7.92. The summed E-state index contributed by atoms with van der Waals surface area (Å²) in [5.74, 6) is -1.87. The van der Waals surface area contributed by atoms with Crippen LogP contribution in [0.25, 0.3) is 10.8 Å². The molecule has 4 aromatic rings. The SMILES string of the molecule is CC(=O)Nc1ccc(CC2(C)c3c(ccc4ccccc34)N(CCC(=O)O)C2/C=C/C=C2/N(CCC(=O)O)c3cc(Cl)ccc3C2(C)C)cc1. The predicted octanol–water partition coefficient (Wildman–Crippen LogP) is 8.33. The number of rotatable bonds is 11. The molecule has 0 spiro atoms. The Bertz CT molecular complexity index is 2040. The minimum atomic E-state index is -0.876. The molecule has 0 fully saturated rings. The van der Waals surface area contributed by atoms with Crippen LogP contribution in [0.1, 0.15) is 57.2 Å². The van der Waals surface area contributed by atoms with Gasteiger partial charge in [0.2, 0.25) is 5.91 Å². The molecule has 8 nitrogen and oxygen atoms in total. The van der Waals surface area contributed by atoms with Crippen molar-refractivity contribution in [1.82, 2.24) is 0 Å². The number of nitrogens with one attached hydrogen (secondary N) is 1. The summed E-state index contributed by atoms with van der Waals surface area (Å²) in [7, 11) is 0. The number of benzene rings is 4. The van der Waals surface area contributed by atoms with Crippen molar-refractivity contribution >= 4 is 57.3 Å². The molecule has 0 saturated heterocycles. The number of nitrogens with zero attached hydrogens (tertiary/aromatic N) is 2. The number of hydrogen-bond acceptors (Lipinski definition) is 5. The minimum Gasteiger partial charge on any atom is -0.481 e. The zero-order valence-electron chi connectivity index (χ0n) is 28.7. The van der Waals surface area contributed by atoms with Gasteiger partial charge in [0.25, 0.3) is 0 Å². The molecule has 0 radical (unpaired) electrons. The van der Waals surface area contributed by atoms with Crippen LogP contribution in [0, 0.1) is 0 Å². The summed E-state index contributed by atoms with van der Waals surface area (Å²) in [6.07, 6.45) is 6.87. The summed E-state index contributed by atoms with van der Waals surface area (Å²) in [6, 6.07) is 26.0. The number of allylic oxidation sites excluding steroid dienone is 3. The van der Waals surface area contributed by atoms with Crippen molar-refractivity contribution in [3.8, 4) is 0 Å². The third kappa shape index (κ3) is 6.60. The topological polar surface area (TPSA) is 110 Å². The number of hydrogen-bond donors (Lipinski definition) is 3. The number of aliphatic carboxylic acids is 2. The van der Waals surface area contributed by atoms with Gasteiger partial charge < -0.3 is 25.3 Å². The summed E-state index contributed by atoms with van der Waals surface area (Å²) in [6.45, 7) is 8.61. The van der Waals surface area contributed by atoms with Crippen molar-refractivity contribution in [3.05, 3.63) is 125 Å². The summed E-state index contributed by atoms with van der Waals surface area (Å²) < 4.78 is 0. The third-order valence-electron chi connectivity index (χ3n) is 10.1. The number of amides is 1. The fourth-order valence-corrected chi connectivity index (χ4v) is 8.09. The summed E-state index contributed by atoms with van der Waals surface area (Å²) >= 11 is 6.42. The van der Waals surface area contributed by atoms with Crippen LogP contribution in [0.15, 0.2) is 103 Å². The molecule has 2 aliphatic heterocycles. The average Bonchev–Trinajstić information content (AvgIpc) is 3.42. The second kappa shape index (κ2) is 13.7. The molecule has 2 atom stereocenters. The molecular weight excluding hydrogens is 650 g/mol. The molecule has 6 rings (SSSR count). The summed E-state index contributed by atoms with van der Waals surface area (Å²) in [5, 5.41) is 25.0. The first-order valence-electron chi connectivity index (χ1n) is 16.8. The Hall–Kier alpha value is -5.08. The highest BCUT2D eigenvalue weighted by atomic mass is 35.5. The van der Waals surface area contributed by atoms with Crippen molar-refractivity contribution in [2.24, 2.45) is 0 Å². The van der Waals surface area contributed by atoms with E-state index in [1.807, 2.05) is 60.7 Å². The summed E-state index contributed by atoms with van der Waals surface area (Å²) in [5.41, 5.74) is 6.02. The maximum absolute atomic E-state index is 11.9. The number of fused-ring (bicyclic) bond motifs is 4. The molecule has 258 valence electrons. The Balaban J connectivity index is 1.47. The lowest BCUT2D eigenvalue weighted by molar-refractivity contribution is -0.137. The van der Waals surface area contributed by atoms with Crippen LogP contribution in [0.2, 0.25) is 5.02 Å². The van der Waals surface area contributed by atoms with Gasteiger partial charge in [0, 0.05) is 58.6 Å². The monoisotopic (exact) mass is 691 g/mol. The lowest BCUT2D eigenvalue weighted by Gasteiger charge is -2.35. The van der Waals surface area contributed by atoms with Crippen LogP contribution in [0.4, 0.5) is 17.1 Å². The van der Waals surface area contributed by atoms with E-state index in [-0.39, 0.29) is 24.8 Å². The van der Waals surface area contributed by atoms with E-state index in [0.29, 0.717) is 24.5 Å². The molecule has 1 amide bonds. The standard InChI is InChI=1S/C41H42ClN3O5/c1-26(46)43-30-16-12-27(13-17-30)25-41(4)36(44(22-20-37(47)48)33-19-14-28-8-5-6-9-31(28)39(33)41)11-7-10-35-40(2,3)32-18-15-29(42)24-34(32)45(35)23-21-38(49)50/h5-19,24,36H,20-23,25H2,1-4H3,(H,43,46)(H,47,48)(H,49,50)/b11-7+,35-10+. The highest BCUT2D eigenvalue weighted by Crippen LogP contribution is 2.52. The van der Waals surface area contributed by atoms with E-state index in [1.54, 1.807) is 0 Å². The summed E-state index contributed by atoms with van der Waals surface area (Å²) in [4.78, 5) is 39.6. The normalized spacial score (nSPS) is 20.0. The molecule has 2 aliphatic rings. The van der Waals surface area contributed by atoms with Gasteiger partial charge in [-0.1, -0.05) is 93.1 Å². The minimum absolute atomic E-state index is 0.0226. The molecule has 0 saturated carbocycles. The zero-order valence-corrected chi connectivity index (χ0v) is 29.5. The highest BCUT2D eigenvalue weighted by Gasteiger charge is 2.47. The first-order chi connectivity index (χ1) is 23.8. The Labute approximate surface area is 297 Å². The van der Waals surface area contributed by atoms with Gasteiger partial charge in [0.15, 0.2) is 0 Å². The number of carbonyl (C=O) groups excluding carboxylic acids is 1. The molecule has 9 heteroatoms. The van der Waals surface area contributed by atoms with E-state index in [4.69, 9.17) is 11.6 Å². The van der Waals surface area contributed by atoms with Gasteiger partial charge in [-0.25, -0.2) is 0 Å². The molecule has 0 bridgehead atoms. The number of halogens is 1. The van der Waals surface area contributed by atoms with Crippen molar-refractivity contribution in [3.63, 3.8) is 0 Å². The quantitative estimate of drug-likeness (QED) is 0.145. The van der Waals surface area contributed by atoms with Gasteiger partial charge >= 0.3 is 11.9 Å². The Morgan fingerprint density at radius 2 is 1.58 bits per heavy atom. The first kappa shape index (κ1) is 34.8. The number of carbonyl (C=O) groups is 3. The smallest absolute Gasteiger partial charge is 0.305 e. The Kier molecular flexibility index (Phi) is 9.51. The molecular formula is C41H42ClN3O5. The maximum atomic E-state index is 11.9. The molecule has 4 aromatic carbocycles. The van der Waals surface area contributed by atoms with Crippen molar-refractivity contribution in [2.45, 2.75) is 63.8 Å². The van der Waals surface area contributed by atoms with Crippen LogP contribution in [-0.4, -0.2) is 47.2 Å². The van der Waals surface area contributed by atoms with Gasteiger partial charge in [-0.15, -0.1) is 0 Å². The number of carboxylic acid groups (broad SMARTS) is 2. The molecule has 0 aromatic heterocycles. The van der Waals surface area contributed by atoms with Gasteiger partial charge in [0.05, 0.1) is 18.9 Å². The van der Waals surface area contributed by atoms with Crippen LogP contribution in [0.5, 0.6) is 0 Å². The van der Waals surface area contributed by atoms with E-state index >= 15 is 0 Å². The van der Waals surface area contributed by atoms with Gasteiger partial charge in [-0.2, -0.15) is 0 Å². The second-order valence-electron chi connectivity index (χ2n) is 14.0. The lowest BCUT2D eigenvalue weighted by Crippen LogP contribution is -2.44. The average molecular weight is 692 g/mol. The molecule has 3 N–H and O–H groups in total. The molecule has 2 unspecified atom stereocenters. The molecule has 0 aliphatic carbocycles. The van der Waals surface area contributed by atoms with Crippen LogP contribution in [-0.2, 0) is 31.6 Å². The van der Waals surface area contributed by atoms with Crippen LogP contribution < -0.4 is 15.1 Å². The Morgan fingerprint density at radius 1 is 0.880 bits per heavy atom. The first-order valence-corrected chi connectivity index (χ1v) is 17.2. The fraction of sp³-hybridized carbons (Fsp3) is 0.293. The second-order valence-corrected chi connectivity index (χ2v) is 14.4. The number of anilines is 3. The van der Waals surface area contributed by atoms with E-state index in [2.05, 4.69) is 72.3 Å². The third-order valence-corrected chi connectivity index (χ3v) is 10.4. The van der Waals surface area contributed by atoms with E-state index in [1.165, 1.54) is 12.5 Å². The van der Waals surface area contributed by atoms with Crippen molar-refractivity contribution in [2.75, 3.05) is 28.2 Å². The molecule has 2 heterocycles. The van der Waals surface area contributed by atoms with E-state index in [9.17, 15) is 24.6 Å². The van der Waals surface area contributed by atoms with Gasteiger partial charge in [0.1, 0.15) is 0 Å².